The molecule has 3 heteroatoms. The van der Waals surface area contributed by atoms with Gasteiger partial charge < -0.3 is 9.84 Å². The zero-order valence-electron chi connectivity index (χ0n) is 8.57. The van der Waals surface area contributed by atoms with Crippen LogP contribution in [0.25, 0.3) is 0 Å². The summed E-state index contributed by atoms with van der Waals surface area (Å²) in [5, 5.41) is 8.65. The molecule has 0 radical (unpaired) electrons. The molecule has 1 aromatic rings. The van der Waals surface area contributed by atoms with E-state index in [9.17, 15) is 0 Å². The number of nitrogens with zero attached hydrogens (tertiary/aromatic N) is 1. The van der Waals surface area contributed by atoms with Crippen LogP contribution in [-0.2, 0) is 6.42 Å². The van der Waals surface area contributed by atoms with Crippen LogP contribution in [0.3, 0.4) is 0 Å². The van der Waals surface area contributed by atoms with E-state index in [-0.39, 0.29) is 6.61 Å². The normalized spacial score (nSPS) is 10.1. The molecule has 0 unspecified atom stereocenters. The summed E-state index contributed by atoms with van der Waals surface area (Å²) in [5.74, 6) is 0.801. The molecule has 1 heterocycles. The number of hydrogen-bond donors (Lipinski definition) is 1. The molecular formula is C11H17NO2. The van der Waals surface area contributed by atoms with E-state index in [1.54, 1.807) is 12.4 Å². The van der Waals surface area contributed by atoms with Crippen LogP contribution < -0.4 is 4.74 Å². The van der Waals surface area contributed by atoms with Crippen molar-refractivity contribution in [1.82, 2.24) is 4.98 Å². The Bertz CT molecular complexity index is 236. The van der Waals surface area contributed by atoms with E-state index in [1.807, 2.05) is 6.07 Å². The zero-order chi connectivity index (χ0) is 10.2. The molecule has 0 spiro atoms. The number of aromatic nitrogens is 1. The fourth-order valence-electron chi connectivity index (χ4n) is 1.27. The van der Waals surface area contributed by atoms with Crippen molar-refractivity contribution in [2.75, 3.05) is 13.2 Å². The van der Waals surface area contributed by atoms with E-state index in [1.165, 1.54) is 12.0 Å². The van der Waals surface area contributed by atoms with Crippen LogP contribution in [0.15, 0.2) is 18.5 Å². The highest BCUT2D eigenvalue weighted by molar-refractivity contribution is 5.29. The van der Waals surface area contributed by atoms with Gasteiger partial charge in [-0.05, 0) is 24.5 Å². The molecule has 0 aliphatic rings. The first-order valence-electron chi connectivity index (χ1n) is 5.05. The van der Waals surface area contributed by atoms with Gasteiger partial charge >= 0.3 is 0 Å². The maximum absolute atomic E-state index is 8.65. The van der Waals surface area contributed by atoms with E-state index >= 15 is 0 Å². The summed E-state index contributed by atoms with van der Waals surface area (Å²) in [7, 11) is 0. The van der Waals surface area contributed by atoms with E-state index in [4.69, 9.17) is 9.84 Å². The lowest BCUT2D eigenvalue weighted by Gasteiger charge is -2.08. The van der Waals surface area contributed by atoms with Crippen molar-refractivity contribution in [2.45, 2.75) is 26.2 Å². The monoisotopic (exact) mass is 195 g/mol. The maximum atomic E-state index is 8.65. The lowest BCUT2D eigenvalue weighted by atomic mass is 10.1. The maximum Gasteiger partial charge on any atom is 0.140 e. The SMILES string of the molecule is CCCCc1ccncc1OCCO. The van der Waals surface area contributed by atoms with Crippen LogP contribution in [0, 0.1) is 0 Å². The molecule has 0 saturated carbocycles. The minimum atomic E-state index is 0.0438. The van der Waals surface area contributed by atoms with Crippen molar-refractivity contribution in [2.24, 2.45) is 0 Å². The largest absolute Gasteiger partial charge is 0.489 e. The highest BCUT2D eigenvalue weighted by Crippen LogP contribution is 2.18. The molecule has 0 bridgehead atoms. The van der Waals surface area contributed by atoms with E-state index in [2.05, 4.69) is 11.9 Å². The molecule has 0 aliphatic heterocycles. The molecule has 3 nitrogen and oxygen atoms in total. The van der Waals surface area contributed by atoms with Crippen molar-refractivity contribution in [3.8, 4) is 5.75 Å². The smallest absolute Gasteiger partial charge is 0.140 e. The summed E-state index contributed by atoms with van der Waals surface area (Å²) in [4.78, 5) is 4.00. The minimum Gasteiger partial charge on any atom is -0.489 e. The van der Waals surface area contributed by atoms with Crippen molar-refractivity contribution in [3.63, 3.8) is 0 Å². The van der Waals surface area contributed by atoms with Gasteiger partial charge in [-0.3, -0.25) is 4.98 Å². The van der Waals surface area contributed by atoms with Gasteiger partial charge in [-0.15, -0.1) is 0 Å². The molecule has 1 rings (SSSR count). The molecule has 0 aromatic carbocycles. The molecule has 0 aliphatic carbocycles. The summed E-state index contributed by atoms with van der Waals surface area (Å²) >= 11 is 0. The first-order chi connectivity index (χ1) is 6.88. The Morgan fingerprint density at radius 3 is 3.07 bits per heavy atom. The Kier molecular flexibility index (Phi) is 5.00. The van der Waals surface area contributed by atoms with Crippen LogP contribution in [-0.4, -0.2) is 23.3 Å². The molecule has 0 amide bonds. The Balaban J connectivity index is 2.60. The molecule has 0 atom stereocenters. The molecule has 1 aromatic heterocycles. The van der Waals surface area contributed by atoms with Gasteiger partial charge in [0, 0.05) is 6.20 Å². The molecule has 14 heavy (non-hydrogen) atoms. The second kappa shape index (κ2) is 6.38. The quantitative estimate of drug-likeness (QED) is 0.752. The Labute approximate surface area is 84.7 Å². The molecule has 1 N–H and O–H groups in total. The van der Waals surface area contributed by atoms with E-state index < -0.39 is 0 Å². The van der Waals surface area contributed by atoms with Crippen molar-refractivity contribution >= 4 is 0 Å². The van der Waals surface area contributed by atoms with Crippen LogP contribution >= 0.6 is 0 Å². The average molecular weight is 195 g/mol. The van der Waals surface area contributed by atoms with Gasteiger partial charge in [0.2, 0.25) is 0 Å². The fourth-order valence-corrected chi connectivity index (χ4v) is 1.27. The second-order valence-electron chi connectivity index (χ2n) is 3.16. The molecule has 78 valence electrons. The van der Waals surface area contributed by atoms with Crippen LogP contribution in [0.2, 0.25) is 0 Å². The van der Waals surface area contributed by atoms with Gasteiger partial charge in [-0.2, -0.15) is 0 Å². The first kappa shape index (κ1) is 11.0. The van der Waals surface area contributed by atoms with E-state index in [0.717, 1.165) is 18.6 Å². The summed E-state index contributed by atoms with van der Waals surface area (Å²) in [6.45, 7) is 2.54. The lowest BCUT2D eigenvalue weighted by Crippen LogP contribution is -2.04. The second-order valence-corrected chi connectivity index (χ2v) is 3.16. The minimum absolute atomic E-state index is 0.0438. The average Bonchev–Trinajstić information content (AvgIpc) is 2.24. The van der Waals surface area contributed by atoms with Gasteiger partial charge in [-0.25, -0.2) is 0 Å². The number of pyridine rings is 1. The van der Waals surface area contributed by atoms with Crippen LogP contribution in [0.1, 0.15) is 25.3 Å². The number of aryl methyl sites for hydroxylation is 1. The van der Waals surface area contributed by atoms with Crippen molar-refractivity contribution < 1.29 is 9.84 Å². The van der Waals surface area contributed by atoms with Gasteiger partial charge in [-0.1, -0.05) is 13.3 Å². The number of rotatable bonds is 6. The summed E-state index contributed by atoms with van der Waals surface area (Å²) in [6, 6.07) is 1.97. The van der Waals surface area contributed by atoms with Crippen molar-refractivity contribution in [3.05, 3.63) is 24.0 Å². The van der Waals surface area contributed by atoms with Crippen LogP contribution in [0.4, 0.5) is 0 Å². The first-order valence-corrected chi connectivity index (χ1v) is 5.05. The summed E-state index contributed by atoms with van der Waals surface area (Å²) < 4.78 is 5.37. The highest BCUT2D eigenvalue weighted by Gasteiger charge is 2.02. The topological polar surface area (TPSA) is 42.4 Å². The third kappa shape index (κ3) is 3.34. The standard InChI is InChI=1S/C11H17NO2/c1-2-3-4-10-5-6-12-9-11(10)14-8-7-13/h5-6,9,13H,2-4,7-8H2,1H3. The summed E-state index contributed by atoms with van der Waals surface area (Å²) in [5.41, 5.74) is 1.18. The Hall–Kier alpha value is -1.09. The zero-order valence-corrected chi connectivity index (χ0v) is 8.57. The molecule has 0 saturated heterocycles. The number of aliphatic hydroxyl groups excluding tert-OH is 1. The number of ether oxygens (including phenoxy) is 1. The number of unbranched alkanes of at least 4 members (excludes halogenated alkanes) is 1. The number of hydrogen-bond acceptors (Lipinski definition) is 3. The predicted octanol–water partition coefficient (Wildman–Crippen LogP) is 1.80. The Morgan fingerprint density at radius 1 is 1.50 bits per heavy atom. The predicted molar refractivity (Wildman–Crippen MR) is 55.4 cm³/mol. The van der Waals surface area contributed by atoms with Crippen molar-refractivity contribution in [1.29, 1.82) is 0 Å². The fraction of sp³-hybridized carbons (Fsp3) is 0.545. The molecular weight excluding hydrogens is 178 g/mol. The summed E-state index contributed by atoms with van der Waals surface area (Å²) in [6.07, 6.45) is 6.82. The van der Waals surface area contributed by atoms with Gasteiger partial charge in [0.1, 0.15) is 12.4 Å². The highest BCUT2D eigenvalue weighted by atomic mass is 16.5. The van der Waals surface area contributed by atoms with Gasteiger partial charge in [0.15, 0.2) is 0 Å². The van der Waals surface area contributed by atoms with Gasteiger partial charge in [0.25, 0.3) is 0 Å². The van der Waals surface area contributed by atoms with Gasteiger partial charge in [0.05, 0.1) is 12.8 Å². The Morgan fingerprint density at radius 2 is 2.36 bits per heavy atom. The number of aliphatic hydroxyl groups is 1. The van der Waals surface area contributed by atoms with Crippen LogP contribution in [0.5, 0.6) is 5.75 Å². The third-order valence-corrected chi connectivity index (χ3v) is 2.02. The third-order valence-electron chi connectivity index (χ3n) is 2.02. The lowest BCUT2D eigenvalue weighted by molar-refractivity contribution is 0.200. The van der Waals surface area contributed by atoms with E-state index in [0.29, 0.717) is 6.61 Å². The molecule has 0 fully saturated rings.